The zero-order valence-corrected chi connectivity index (χ0v) is 13.1. The molecule has 1 aromatic rings. The zero-order valence-electron chi connectivity index (χ0n) is 12.3. The third-order valence-electron chi connectivity index (χ3n) is 2.60. The van der Waals surface area contributed by atoms with Crippen molar-refractivity contribution in [3.8, 4) is 5.75 Å². The highest BCUT2D eigenvalue weighted by Crippen LogP contribution is 2.23. The number of ether oxygens (including phenoxy) is 1. The number of benzene rings is 1. The molecule has 0 heterocycles. The average Bonchev–Trinajstić information content (AvgIpc) is 2.49. The highest BCUT2D eigenvalue weighted by molar-refractivity contribution is 6.30. The second-order valence-corrected chi connectivity index (χ2v) is 4.64. The van der Waals surface area contributed by atoms with Gasteiger partial charge < -0.3 is 15.8 Å². The fraction of sp³-hybridized carbons (Fsp3) is 0.125. The molecule has 0 spiro atoms. The lowest BCUT2D eigenvalue weighted by Gasteiger charge is -2.11. The topological polar surface area (TPSA) is 83.5 Å². The molecular formula is C16H19ClN4O. The molecule has 1 rings (SSSR count). The summed E-state index contributed by atoms with van der Waals surface area (Å²) in [7, 11) is 1.59. The van der Waals surface area contributed by atoms with Gasteiger partial charge in [0.25, 0.3) is 0 Å². The van der Waals surface area contributed by atoms with Crippen molar-refractivity contribution in [2.24, 2.45) is 10.7 Å². The van der Waals surface area contributed by atoms with Crippen LogP contribution >= 0.6 is 11.6 Å². The third-order valence-corrected chi connectivity index (χ3v) is 2.83. The standard InChI is InChI=1S/C16H19ClN4O/c1-3-20-8-4-5-14(10-16(18)19)21-11-12-6-7-13(17)9-15(12)22-2/h3-10,21H,1,11H2,2H3,(H3,18,19)/b5-4-,14-10-,20-8?. The molecule has 0 saturated heterocycles. The van der Waals surface area contributed by atoms with Crippen LogP contribution in [0.3, 0.4) is 0 Å². The monoisotopic (exact) mass is 318 g/mol. The number of nitrogens with one attached hydrogen (secondary N) is 2. The van der Waals surface area contributed by atoms with E-state index in [1.165, 1.54) is 12.3 Å². The second-order valence-electron chi connectivity index (χ2n) is 4.20. The third kappa shape index (κ3) is 6.28. The van der Waals surface area contributed by atoms with E-state index in [4.69, 9.17) is 27.5 Å². The van der Waals surface area contributed by atoms with Crippen LogP contribution in [-0.4, -0.2) is 19.2 Å². The van der Waals surface area contributed by atoms with Gasteiger partial charge >= 0.3 is 0 Å². The van der Waals surface area contributed by atoms with Crippen LogP contribution in [0.2, 0.25) is 5.02 Å². The van der Waals surface area contributed by atoms with Gasteiger partial charge in [-0.1, -0.05) is 24.2 Å². The number of hydrogen-bond acceptors (Lipinski definition) is 4. The van der Waals surface area contributed by atoms with Crippen molar-refractivity contribution in [1.82, 2.24) is 5.32 Å². The Morgan fingerprint density at radius 2 is 2.32 bits per heavy atom. The maximum absolute atomic E-state index is 7.37. The Labute approximate surface area is 135 Å². The fourth-order valence-corrected chi connectivity index (χ4v) is 1.81. The smallest absolute Gasteiger partial charge is 0.125 e. The molecule has 0 unspecified atom stereocenters. The lowest BCUT2D eigenvalue weighted by molar-refractivity contribution is 0.408. The molecule has 0 radical (unpaired) electrons. The number of amidine groups is 1. The van der Waals surface area contributed by atoms with Crippen LogP contribution in [0.4, 0.5) is 0 Å². The van der Waals surface area contributed by atoms with Crippen LogP contribution in [0.1, 0.15) is 5.56 Å². The van der Waals surface area contributed by atoms with Gasteiger partial charge in [-0.25, -0.2) is 0 Å². The molecule has 0 aliphatic carbocycles. The molecule has 0 aromatic heterocycles. The van der Waals surface area contributed by atoms with E-state index in [0.717, 1.165) is 5.56 Å². The van der Waals surface area contributed by atoms with Crippen molar-refractivity contribution in [1.29, 1.82) is 5.41 Å². The second kappa shape index (κ2) is 9.41. The van der Waals surface area contributed by atoms with Crippen LogP contribution in [0.5, 0.6) is 5.75 Å². The van der Waals surface area contributed by atoms with Crippen molar-refractivity contribution in [3.63, 3.8) is 0 Å². The fourth-order valence-electron chi connectivity index (χ4n) is 1.64. The predicted octanol–water partition coefficient (Wildman–Crippen LogP) is 3.03. The normalized spacial score (nSPS) is 11.8. The van der Waals surface area contributed by atoms with E-state index in [1.807, 2.05) is 6.07 Å². The van der Waals surface area contributed by atoms with E-state index in [-0.39, 0.29) is 5.84 Å². The van der Waals surface area contributed by atoms with Crippen molar-refractivity contribution in [2.75, 3.05) is 7.11 Å². The molecule has 0 aliphatic rings. The molecule has 4 N–H and O–H groups in total. The van der Waals surface area contributed by atoms with Crippen LogP contribution in [0.25, 0.3) is 0 Å². The summed E-state index contributed by atoms with van der Waals surface area (Å²) < 4.78 is 5.29. The Balaban J connectivity index is 2.83. The first-order valence-electron chi connectivity index (χ1n) is 6.49. The molecule has 0 saturated carbocycles. The number of halogens is 1. The Morgan fingerprint density at radius 3 is 2.95 bits per heavy atom. The zero-order chi connectivity index (χ0) is 16.4. The Bertz CT molecular complexity index is 621. The quantitative estimate of drug-likeness (QED) is 0.391. The summed E-state index contributed by atoms with van der Waals surface area (Å²) in [5, 5.41) is 11.2. The maximum Gasteiger partial charge on any atom is 0.125 e. The molecule has 0 amide bonds. The molecule has 0 aliphatic heterocycles. The molecule has 116 valence electrons. The number of nitrogens with zero attached hydrogens (tertiary/aromatic N) is 1. The van der Waals surface area contributed by atoms with E-state index < -0.39 is 0 Å². The average molecular weight is 319 g/mol. The van der Waals surface area contributed by atoms with Crippen molar-refractivity contribution in [2.45, 2.75) is 6.54 Å². The summed E-state index contributed by atoms with van der Waals surface area (Å²) in [6.07, 6.45) is 8.02. The van der Waals surface area contributed by atoms with E-state index in [9.17, 15) is 0 Å². The predicted molar refractivity (Wildman–Crippen MR) is 92.7 cm³/mol. The number of rotatable bonds is 8. The van der Waals surface area contributed by atoms with Crippen molar-refractivity contribution < 1.29 is 4.74 Å². The summed E-state index contributed by atoms with van der Waals surface area (Å²) in [5.74, 6) is 0.648. The van der Waals surface area contributed by atoms with Crippen molar-refractivity contribution >= 4 is 23.7 Å². The van der Waals surface area contributed by atoms with Gasteiger partial charge in [-0.05, 0) is 24.3 Å². The number of methoxy groups -OCH3 is 1. The summed E-state index contributed by atoms with van der Waals surface area (Å²) in [6, 6.07) is 5.42. The highest BCUT2D eigenvalue weighted by atomic mass is 35.5. The molecule has 1 aromatic carbocycles. The first kappa shape index (κ1) is 17.5. The summed E-state index contributed by atoms with van der Waals surface area (Å²) in [4.78, 5) is 3.86. The van der Waals surface area contributed by atoms with Gasteiger partial charge in [0.1, 0.15) is 11.6 Å². The Hall–Kier alpha value is -2.53. The molecule has 22 heavy (non-hydrogen) atoms. The SMILES string of the molecule is C=CN=C/C=C\C(=C\C(=N)N)NCc1ccc(Cl)cc1OC. The van der Waals surface area contributed by atoms with Gasteiger partial charge in [0.15, 0.2) is 0 Å². The first-order chi connectivity index (χ1) is 10.6. The van der Waals surface area contributed by atoms with Crippen LogP contribution < -0.4 is 15.8 Å². The minimum atomic E-state index is -0.0455. The Morgan fingerprint density at radius 1 is 1.55 bits per heavy atom. The van der Waals surface area contributed by atoms with Crippen LogP contribution in [0, 0.1) is 5.41 Å². The van der Waals surface area contributed by atoms with Crippen LogP contribution in [-0.2, 0) is 6.54 Å². The number of hydrogen-bond donors (Lipinski definition) is 3. The lowest BCUT2D eigenvalue weighted by Crippen LogP contribution is -2.16. The highest BCUT2D eigenvalue weighted by Gasteiger charge is 2.04. The van der Waals surface area contributed by atoms with E-state index in [2.05, 4.69) is 16.9 Å². The van der Waals surface area contributed by atoms with Gasteiger partial charge in [-0.2, -0.15) is 0 Å². The van der Waals surface area contributed by atoms with Gasteiger partial charge in [-0.15, -0.1) is 0 Å². The molecule has 0 fully saturated rings. The van der Waals surface area contributed by atoms with E-state index >= 15 is 0 Å². The summed E-state index contributed by atoms with van der Waals surface area (Å²) in [5.41, 5.74) is 7.03. The van der Waals surface area contributed by atoms with Gasteiger partial charge in [0.2, 0.25) is 0 Å². The van der Waals surface area contributed by atoms with E-state index in [0.29, 0.717) is 23.0 Å². The van der Waals surface area contributed by atoms with E-state index in [1.54, 1.807) is 37.6 Å². The molecular weight excluding hydrogens is 300 g/mol. The van der Waals surface area contributed by atoms with Gasteiger partial charge in [-0.3, -0.25) is 10.4 Å². The molecule has 5 nitrogen and oxygen atoms in total. The maximum atomic E-state index is 7.37. The van der Waals surface area contributed by atoms with Crippen molar-refractivity contribution in [3.05, 3.63) is 65.5 Å². The minimum absolute atomic E-state index is 0.0455. The number of aliphatic imine (C=N–C) groups is 1. The number of nitrogens with two attached hydrogens (primary N) is 1. The molecule has 6 heteroatoms. The Kier molecular flexibility index (Phi) is 7.50. The summed E-state index contributed by atoms with van der Waals surface area (Å²) >= 11 is 5.94. The minimum Gasteiger partial charge on any atom is -0.496 e. The van der Waals surface area contributed by atoms with Crippen LogP contribution in [0.15, 0.2) is 59.9 Å². The molecule has 0 atom stereocenters. The van der Waals surface area contributed by atoms with Gasteiger partial charge in [0.05, 0.1) is 7.11 Å². The molecule has 0 bridgehead atoms. The lowest BCUT2D eigenvalue weighted by atomic mass is 10.2. The number of allylic oxidation sites excluding steroid dienone is 2. The first-order valence-corrected chi connectivity index (χ1v) is 6.87. The summed E-state index contributed by atoms with van der Waals surface area (Å²) in [6.45, 7) is 3.99. The largest absolute Gasteiger partial charge is 0.496 e. The van der Waals surface area contributed by atoms with Gasteiger partial charge in [0, 0.05) is 41.3 Å².